The lowest BCUT2D eigenvalue weighted by Gasteiger charge is -2.15. The molecule has 1 aromatic carbocycles. The second kappa shape index (κ2) is 6.45. The predicted molar refractivity (Wildman–Crippen MR) is 72.5 cm³/mol. The molecule has 2 rings (SSSR count). The molecule has 0 radical (unpaired) electrons. The van der Waals surface area contributed by atoms with Gasteiger partial charge in [-0.1, -0.05) is 24.6 Å². The number of aliphatic hydroxyl groups excluding tert-OH is 1. The lowest BCUT2D eigenvalue weighted by atomic mass is 10.1. The normalized spacial score (nSPS) is 11.2. The van der Waals surface area contributed by atoms with Crippen LogP contribution < -0.4 is 0 Å². The van der Waals surface area contributed by atoms with Gasteiger partial charge in [0.05, 0.1) is 13.2 Å². The lowest BCUT2D eigenvalue weighted by Crippen LogP contribution is -2.26. The minimum atomic E-state index is 0.132. The molecule has 0 amide bonds. The average molecular weight is 261 g/mol. The van der Waals surface area contributed by atoms with E-state index in [2.05, 4.69) is 10.2 Å². The number of aromatic nitrogens is 2. The molecule has 2 aromatic rings. The zero-order valence-corrected chi connectivity index (χ0v) is 11.3. The van der Waals surface area contributed by atoms with E-state index < -0.39 is 0 Å². The number of likely N-dealkylation sites (N-methyl/N-ethyl adjacent to an activating group) is 1. The van der Waals surface area contributed by atoms with Gasteiger partial charge < -0.3 is 9.52 Å². The molecule has 0 aliphatic rings. The van der Waals surface area contributed by atoms with Crippen molar-refractivity contribution < 1.29 is 9.52 Å². The SMILES string of the molecule is CCN(CCO)Cc1nnc(-c2cccc(C)c2)o1. The van der Waals surface area contributed by atoms with Crippen molar-refractivity contribution in [2.75, 3.05) is 19.7 Å². The Morgan fingerprint density at radius 2 is 2.16 bits per heavy atom. The Hall–Kier alpha value is -1.72. The van der Waals surface area contributed by atoms with E-state index in [-0.39, 0.29) is 6.61 Å². The monoisotopic (exact) mass is 261 g/mol. The first kappa shape index (κ1) is 13.7. The van der Waals surface area contributed by atoms with Crippen molar-refractivity contribution in [3.8, 4) is 11.5 Å². The van der Waals surface area contributed by atoms with E-state index in [1.807, 2.05) is 43.0 Å². The summed E-state index contributed by atoms with van der Waals surface area (Å²) >= 11 is 0. The highest BCUT2D eigenvalue weighted by atomic mass is 16.4. The minimum absolute atomic E-state index is 0.132. The predicted octanol–water partition coefficient (Wildman–Crippen LogP) is 1.86. The molecule has 1 aromatic heterocycles. The molecule has 1 N–H and O–H groups in total. The number of nitrogens with zero attached hydrogens (tertiary/aromatic N) is 3. The van der Waals surface area contributed by atoms with Crippen LogP contribution in [0.5, 0.6) is 0 Å². The van der Waals surface area contributed by atoms with Gasteiger partial charge in [-0.2, -0.15) is 0 Å². The van der Waals surface area contributed by atoms with Crippen molar-refractivity contribution in [2.45, 2.75) is 20.4 Å². The Morgan fingerprint density at radius 3 is 2.84 bits per heavy atom. The lowest BCUT2D eigenvalue weighted by molar-refractivity contribution is 0.185. The van der Waals surface area contributed by atoms with Gasteiger partial charge in [0.1, 0.15) is 0 Å². The minimum Gasteiger partial charge on any atom is -0.419 e. The molecule has 0 aliphatic heterocycles. The van der Waals surface area contributed by atoms with E-state index in [1.165, 1.54) is 0 Å². The van der Waals surface area contributed by atoms with Crippen LogP contribution in [0.1, 0.15) is 18.4 Å². The van der Waals surface area contributed by atoms with E-state index in [4.69, 9.17) is 9.52 Å². The second-order valence-electron chi connectivity index (χ2n) is 4.46. The van der Waals surface area contributed by atoms with Crippen LogP contribution in [-0.4, -0.2) is 39.9 Å². The van der Waals surface area contributed by atoms with Crippen molar-refractivity contribution in [2.24, 2.45) is 0 Å². The van der Waals surface area contributed by atoms with Crippen molar-refractivity contribution in [1.82, 2.24) is 15.1 Å². The van der Waals surface area contributed by atoms with Gasteiger partial charge in [0.2, 0.25) is 11.8 Å². The summed E-state index contributed by atoms with van der Waals surface area (Å²) in [6, 6.07) is 7.97. The Kier molecular flexibility index (Phi) is 4.65. The third-order valence-electron chi connectivity index (χ3n) is 2.95. The highest BCUT2D eigenvalue weighted by molar-refractivity contribution is 5.53. The fourth-order valence-corrected chi connectivity index (χ4v) is 1.89. The van der Waals surface area contributed by atoms with Crippen molar-refractivity contribution in [3.63, 3.8) is 0 Å². The largest absolute Gasteiger partial charge is 0.419 e. The van der Waals surface area contributed by atoms with E-state index >= 15 is 0 Å². The second-order valence-corrected chi connectivity index (χ2v) is 4.46. The topological polar surface area (TPSA) is 62.4 Å². The highest BCUT2D eigenvalue weighted by Crippen LogP contribution is 2.19. The summed E-state index contributed by atoms with van der Waals surface area (Å²) in [5, 5.41) is 17.1. The Balaban J connectivity index is 2.10. The summed E-state index contributed by atoms with van der Waals surface area (Å²) in [5.74, 6) is 1.12. The molecule has 5 heteroatoms. The van der Waals surface area contributed by atoms with Crippen LogP contribution in [-0.2, 0) is 6.54 Å². The molecule has 0 unspecified atom stereocenters. The molecular formula is C14H19N3O2. The molecule has 5 nitrogen and oxygen atoms in total. The first-order valence-electron chi connectivity index (χ1n) is 6.45. The van der Waals surface area contributed by atoms with Crippen LogP contribution in [0.25, 0.3) is 11.5 Å². The maximum absolute atomic E-state index is 8.95. The Morgan fingerprint density at radius 1 is 1.32 bits per heavy atom. The summed E-state index contributed by atoms with van der Waals surface area (Å²) in [6.07, 6.45) is 0. The fraction of sp³-hybridized carbons (Fsp3) is 0.429. The van der Waals surface area contributed by atoms with Gasteiger partial charge in [0, 0.05) is 12.1 Å². The molecule has 0 aliphatic carbocycles. The van der Waals surface area contributed by atoms with E-state index in [1.54, 1.807) is 0 Å². The zero-order chi connectivity index (χ0) is 13.7. The Bertz CT molecular complexity index is 525. The third-order valence-corrected chi connectivity index (χ3v) is 2.95. The van der Waals surface area contributed by atoms with Crippen molar-refractivity contribution >= 4 is 0 Å². The quantitative estimate of drug-likeness (QED) is 0.860. The first-order valence-corrected chi connectivity index (χ1v) is 6.45. The molecule has 0 saturated heterocycles. The van der Waals surface area contributed by atoms with Crippen molar-refractivity contribution in [3.05, 3.63) is 35.7 Å². The maximum atomic E-state index is 8.95. The molecule has 0 saturated carbocycles. The first-order chi connectivity index (χ1) is 9.22. The zero-order valence-electron chi connectivity index (χ0n) is 11.3. The summed E-state index contributed by atoms with van der Waals surface area (Å²) in [4.78, 5) is 2.05. The summed E-state index contributed by atoms with van der Waals surface area (Å²) in [7, 11) is 0. The van der Waals surface area contributed by atoms with E-state index in [9.17, 15) is 0 Å². The number of hydrogen-bond donors (Lipinski definition) is 1. The molecule has 1 heterocycles. The standard InChI is InChI=1S/C14H19N3O2/c1-3-17(7-8-18)10-13-15-16-14(19-13)12-6-4-5-11(2)9-12/h4-6,9,18H,3,7-8,10H2,1-2H3. The van der Waals surface area contributed by atoms with Gasteiger partial charge in [-0.25, -0.2) is 0 Å². The van der Waals surface area contributed by atoms with Crippen LogP contribution in [0.3, 0.4) is 0 Å². The number of hydrogen-bond acceptors (Lipinski definition) is 5. The van der Waals surface area contributed by atoms with Crippen molar-refractivity contribution in [1.29, 1.82) is 0 Å². The molecule has 0 fully saturated rings. The van der Waals surface area contributed by atoms with Gasteiger partial charge in [-0.15, -0.1) is 10.2 Å². The third kappa shape index (κ3) is 3.62. The summed E-state index contributed by atoms with van der Waals surface area (Å²) in [5.41, 5.74) is 2.09. The average Bonchev–Trinajstić information content (AvgIpc) is 2.87. The molecule has 0 spiro atoms. The summed E-state index contributed by atoms with van der Waals surface area (Å²) in [6.45, 7) is 6.21. The van der Waals surface area contributed by atoms with Gasteiger partial charge in [-0.05, 0) is 25.6 Å². The maximum Gasteiger partial charge on any atom is 0.247 e. The van der Waals surface area contributed by atoms with E-state index in [0.29, 0.717) is 24.9 Å². The Labute approximate surface area is 112 Å². The molecule has 0 atom stereocenters. The summed E-state index contributed by atoms with van der Waals surface area (Å²) < 4.78 is 5.66. The van der Waals surface area contributed by atoms with Gasteiger partial charge in [0.25, 0.3) is 0 Å². The van der Waals surface area contributed by atoms with Crippen LogP contribution in [0, 0.1) is 6.92 Å². The van der Waals surface area contributed by atoms with Crippen LogP contribution in [0.4, 0.5) is 0 Å². The van der Waals surface area contributed by atoms with Gasteiger partial charge >= 0.3 is 0 Å². The molecule has 19 heavy (non-hydrogen) atoms. The van der Waals surface area contributed by atoms with Gasteiger partial charge in [-0.3, -0.25) is 4.90 Å². The van der Waals surface area contributed by atoms with E-state index in [0.717, 1.165) is 17.7 Å². The number of benzene rings is 1. The van der Waals surface area contributed by atoms with Gasteiger partial charge in [0.15, 0.2) is 0 Å². The highest BCUT2D eigenvalue weighted by Gasteiger charge is 2.11. The van der Waals surface area contributed by atoms with Crippen LogP contribution in [0.2, 0.25) is 0 Å². The molecular weight excluding hydrogens is 242 g/mol. The van der Waals surface area contributed by atoms with Crippen LogP contribution in [0.15, 0.2) is 28.7 Å². The fourth-order valence-electron chi connectivity index (χ4n) is 1.89. The number of rotatable bonds is 6. The number of aliphatic hydroxyl groups is 1. The molecule has 0 bridgehead atoms. The van der Waals surface area contributed by atoms with Crippen LogP contribution >= 0.6 is 0 Å². The molecule has 102 valence electrons. The number of aryl methyl sites for hydroxylation is 1. The smallest absolute Gasteiger partial charge is 0.247 e.